The molecule has 0 N–H and O–H groups in total. The molecule has 6 heteroatoms. The molecule has 2 aromatic carbocycles. The van der Waals surface area contributed by atoms with E-state index >= 15 is 0 Å². The smallest absolute Gasteiger partial charge is 0.247 e. The molecule has 0 atom stereocenters. The molecule has 0 fully saturated rings. The van der Waals surface area contributed by atoms with Gasteiger partial charge in [-0.15, -0.1) is 22.0 Å². The Morgan fingerprint density at radius 1 is 1.05 bits per heavy atom. The summed E-state index contributed by atoms with van der Waals surface area (Å²) < 4.78 is 6.68. The Morgan fingerprint density at radius 3 is 2.57 bits per heavy atom. The normalized spacial score (nSPS) is 10.8. The Labute approximate surface area is 139 Å². The molecule has 0 aliphatic rings. The Morgan fingerprint density at radius 2 is 1.81 bits per heavy atom. The lowest BCUT2D eigenvalue weighted by molar-refractivity contribution is 0.528. The minimum atomic E-state index is 0.525. The van der Waals surface area contributed by atoms with Gasteiger partial charge >= 0.3 is 0 Å². The molecule has 0 unspecified atom stereocenters. The van der Waals surface area contributed by atoms with E-state index in [0.717, 1.165) is 20.0 Å². The Balaban J connectivity index is 1.71. The van der Waals surface area contributed by atoms with Gasteiger partial charge in [-0.2, -0.15) is 0 Å². The van der Waals surface area contributed by atoms with Crippen molar-refractivity contribution in [2.75, 3.05) is 0 Å². The van der Waals surface area contributed by atoms with E-state index in [9.17, 15) is 0 Å². The molecule has 3 nitrogen and oxygen atoms in total. The third kappa shape index (κ3) is 3.67. The SMILES string of the molecule is Clc1ccccc1SCc1nnc(-c2ccc(Br)cc2)o1. The second-order valence-electron chi connectivity index (χ2n) is 4.23. The Kier molecular flexibility index (Phi) is 4.63. The Bertz CT molecular complexity index is 745. The molecule has 1 heterocycles. The number of thioether (sulfide) groups is 1. The lowest BCUT2D eigenvalue weighted by atomic mass is 10.2. The maximum Gasteiger partial charge on any atom is 0.247 e. The van der Waals surface area contributed by atoms with Crippen LogP contribution in [0.4, 0.5) is 0 Å². The fourth-order valence-corrected chi connectivity index (χ4v) is 3.06. The van der Waals surface area contributed by atoms with E-state index in [4.69, 9.17) is 16.0 Å². The van der Waals surface area contributed by atoms with Crippen LogP contribution < -0.4 is 0 Å². The van der Waals surface area contributed by atoms with E-state index < -0.39 is 0 Å². The van der Waals surface area contributed by atoms with Gasteiger partial charge in [0.25, 0.3) is 0 Å². The molecular formula is C15H10BrClN2OS. The summed E-state index contributed by atoms with van der Waals surface area (Å²) in [5.74, 6) is 1.70. The number of hydrogen-bond donors (Lipinski definition) is 0. The average molecular weight is 382 g/mol. The lowest BCUT2D eigenvalue weighted by Crippen LogP contribution is -1.81. The van der Waals surface area contributed by atoms with Gasteiger partial charge in [0.05, 0.1) is 10.8 Å². The first-order valence-electron chi connectivity index (χ1n) is 6.18. The van der Waals surface area contributed by atoms with Crippen molar-refractivity contribution in [3.05, 3.63) is 63.9 Å². The van der Waals surface area contributed by atoms with Gasteiger partial charge < -0.3 is 4.42 Å². The number of aromatic nitrogens is 2. The minimum Gasteiger partial charge on any atom is -0.420 e. The fourth-order valence-electron chi connectivity index (χ4n) is 1.72. The van der Waals surface area contributed by atoms with Gasteiger partial charge in [0, 0.05) is 14.9 Å². The zero-order chi connectivity index (χ0) is 14.7. The highest BCUT2D eigenvalue weighted by atomic mass is 79.9. The van der Waals surface area contributed by atoms with Crippen molar-refractivity contribution in [2.45, 2.75) is 10.6 Å². The largest absolute Gasteiger partial charge is 0.420 e. The fraction of sp³-hybridized carbons (Fsp3) is 0.0667. The zero-order valence-electron chi connectivity index (χ0n) is 10.8. The van der Waals surface area contributed by atoms with E-state index in [1.165, 1.54) is 0 Å². The molecule has 0 spiro atoms. The van der Waals surface area contributed by atoms with Crippen LogP contribution in [-0.4, -0.2) is 10.2 Å². The van der Waals surface area contributed by atoms with Gasteiger partial charge in [0.1, 0.15) is 0 Å². The van der Waals surface area contributed by atoms with E-state index in [0.29, 0.717) is 17.5 Å². The molecule has 3 rings (SSSR count). The predicted molar refractivity (Wildman–Crippen MR) is 88.4 cm³/mol. The summed E-state index contributed by atoms with van der Waals surface area (Å²) in [6.07, 6.45) is 0. The summed E-state index contributed by atoms with van der Waals surface area (Å²) in [5.41, 5.74) is 0.902. The molecule has 0 aliphatic carbocycles. The molecule has 0 saturated heterocycles. The van der Waals surface area contributed by atoms with Crippen molar-refractivity contribution >= 4 is 39.3 Å². The van der Waals surface area contributed by atoms with Gasteiger partial charge in [-0.25, -0.2) is 0 Å². The van der Waals surface area contributed by atoms with Crippen molar-refractivity contribution in [2.24, 2.45) is 0 Å². The number of rotatable bonds is 4. The van der Waals surface area contributed by atoms with Crippen LogP contribution >= 0.6 is 39.3 Å². The second kappa shape index (κ2) is 6.64. The molecule has 0 aliphatic heterocycles. The van der Waals surface area contributed by atoms with Crippen molar-refractivity contribution in [3.63, 3.8) is 0 Å². The first-order chi connectivity index (χ1) is 10.2. The van der Waals surface area contributed by atoms with Gasteiger partial charge in [0.15, 0.2) is 0 Å². The van der Waals surface area contributed by atoms with E-state index in [2.05, 4.69) is 26.1 Å². The maximum atomic E-state index is 6.11. The predicted octanol–water partition coefficient (Wildman–Crippen LogP) is 5.44. The van der Waals surface area contributed by atoms with Gasteiger partial charge in [-0.1, -0.05) is 39.7 Å². The molecular weight excluding hydrogens is 372 g/mol. The lowest BCUT2D eigenvalue weighted by Gasteiger charge is -2.00. The molecule has 0 bridgehead atoms. The van der Waals surface area contributed by atoms with Crippen LogP contribution in [-0.2, 0) is 5.75 Å². The van der Waals surface area contributed by atoms with Crippen LogP contribution in [0.1, 0.15) is 5.89 Å². The van der Waals surface area contributed by atoms with Crippen LogP contribution in [0.5, 0.6) is 0 Å². The van der Waals surface area contributed by atoms with Gasteiger partial charge in [-0.05, 0) is 36.4 Å². The third-order valence-electron chi connectivity index (χ3n) is 2.75. The number of nitrogens with zero attached hydrogens (tertiary/aromatic N) is 2. The topological polar surface area (TPSA) is 38.9 Å². The zero-order valence-corrected chi connectivity index (χ0v) is 14.0. The van der Waals surface area contributed by atoms with Crippen molar-refractivity contribution in [1.29, 1.82) is 0 Å². The molecule has 3 aromatic rings. The highest BCUT2D eigenvalue weighted by Gasteiger charge is 2.09. The van der Waals surface area contributed by atoms with Crippen LogP contribution in [0, 0.1) is 0 Å². The number of hydrogen-bond acceptors (Lipinski definition) is 4. The van der Waals surface area contributed by atoms with E-state index in [1.807, 2.05) is 48.5 Å². The monoisotopic (exact) mass is 380 g/mol. The summed E-state index contributed by atoms with van der Waals surface area (Å²) >= 11 is 11.1. The molecule has 106 valence electrons. The summed E-state index contributed by atoms with van der Waals surface area (Å²) in [7, 11) is 0. The summed E-state index contributed by atoms with van der Waals surface area (Å²) in [6.45, 7) is 0. The van der Waals surface area contributed by atoms with Crippen LogP contribution in [0.3, 0.4) is 0 Å². The average Bonchev–Trinajstić information content (AvgIpc) is 2.96. The van der Waals surface area contributed by atoms with Gasteiger partial charge in [-0.3, -0.25) is 0 Å². The molecule has 0 saturated carbocycles. The van der Waals surface area contributed by atoms with Crippen molar-refractivity contribution in [3.8, 4) is 11.5 Å². The first-order valence-corrected chi connectivity index (χ1v) is 8.34. The highest BCUT2D eigenvalue weighted by Crippen LogP contribution is 2.30. The van der Waals surface area contributed by atoms with Crippen LogP contribution in [0.2, 0.25) is 5.02 Å². The summed E-state index contributed by atoms with van der Waals surface area (Å²) in [5, 5.41) is 8.87. The second-order valence-corrected chi connectivity index (χ2v) is 6.57. The maximum absolute atomic E-state index is 6.11. The third-order valence-corrected chi connectivity index (χ3v) is 4.77. The van der Waals surface area contributed by atoms with Crippen molar-refractivity contribution in [1.82, 2.24) is 10.2 Å². The molecule has 21 heavy (non-hydrogen) atoms. The summed E-state index contributed by atoms with van der Waals surface area (Å²) in [6, 6.07) is 15.4. The van der Waals surface area contributed by atoms with Crippen LogP contribution in [0.25, 0.3) is 11.5 Å². The van der Waals surface area contributed by atoms with Gasteiger partial charge in [0.2, 0.25) is 11.8 Å². The quantitative estimate of drug-likeness (QED) is 0.564. The number of halogens is 2. The Hall–Kier alpha value is -1.30. The van der Waals surface area contributed by atoms with E-state index in [-0.39, 0.29) is 0 Å². The number of benzene rings is 2. The molecule has 0 amide bonds. The highest BCUT2D eigenvalue weighted by molar-refractivity contribution is 9.10. The van der Waals surface area contributed by atoms with E-state index in [1.54, 1.807) is 11.8 Å². The minimum absolute atomic E-state index is 0.525. The van der Waals surface area contributed by atoms with Crippen LogP contribution in [0.15, 0.2) is 62.3 Å². The van der Waals surface area contributed by atoms with Crippen molar-refractivity contribution < 1.29 is 4.42 Å². The molecule has 1 aromatic heterocycles. The standard InChI is InChI=1S/C15H10BrClN2OS/c16-11-7-5-10(6-8-11)15-19-18-14(20-15)9-21-13-4-2-1-3-12(13)17/h1-8H,9H2. The first kappa shape index (κ1) is 14.6. The molecule has 0 radical (unpaired) electrons. The summed E-state index contributed by atoms with van der Waals surface area (Å²) in [4.78, 5) is 1.00.